The van der Waals surface area contributed by atoms with Gasteiger partial charge in [0.2, 0.25) is 5.75 Å². The van der Waals surface area contributed by atoms with Gasteiger partial charge in [-0.15, -0.1) is 0 Å². The van der Waals surface area contributed by atoms with Gasteiger partial charge in [0, 0.05) is 11.6 Å². The molecule has 0 spiro atoms. The number of nitro benzene ring substituents is 2. The van der Waals surface area contributed by atoms with Crippen LogP contribution in [0.3, 0.4) is 0 Å². The Labute approximate surface area is 237 Å². The zero-order chi connectivity index (χ0) is 29.1. The van der Waals surface area contributed by atoms with Gasteiger partial charge in [0.25, 0.3) is 17.5 Å². The van der Waals surface area contributed by atoms with Crippen LogP contribution in [-0.4, -0.2) is 26.8 Å². The molecule has 0 unspecified atom stereocenters. The second kappa shape index (κ2) is 11.2. The third-order valence-electron chi connectivity index (χ3n) is 6.07. The maximum absolute atomic E-state index is 13.8. The quantitative estimate of drug-likeness (QED) is 0.0868. The lowest BCUT2D eigenvalue weighted by atomic mass is 10.0. The number of nitro groups is 2. The smallest absolute Gasteiger partial charge is 0.318 e. The largest absolute Gasteiger partial charge is 0.449 e. The molecule has 0 bridgehead atoms. The van der Waals surface area contributed by atoms with Gasteiger partial charge in [0.15, 0.2) is 5.11 Å². The summed E-state index contributed by atoms with van der Waals surface area (Å²) in [6.45, 7) is 0. The fourth-order valence-electron chi connectivity index (χ4n) is 4.15. The number of carbonyl (C=O) groups is 2. The molecule has 0 atom stereocenters. The van der Waals surface area contributed by atoms with Gasteiger partial charge in [-0.2, -0.15) is 0 Å². The Morgan fingerprint density at radius 1 is 0.683 bits per heavy atom. The third-order valence-corrected chi connectivity index (χ3v) is 6.43. The number of hydrogen-bond acceptors (Lipinski definition) is 8. The number of rotatable bonds is 7. The van der Waals surface area contributed by atoms with Gasteiger partial charge in [-0.1, -0.05) is 54.6 Å². The first-order valence-corrected chi connectivity index (χ1v) is 12.4. The van der Waals surface area contributed by atoms with Crippen molar-refractivity contribution in [2.24, 2.45) is 0 Å². The average molecular weight is 567 g/mol. The summed E-state index contributed by atoms with van der Waals surface area (Å²) >= 11 is 5.61. The molecule has 41 heavy (non-hydrogen) atoms. The molecule has 4 aromatic rings. The summed E-state index contributed by atoms with van der Waals surface area (Å²) in [5, 5.41) is 22.7. The minimum Gasteiger partial charge on any atom is -0.449 e. The number of amides is 2. The molecule has 1 heterocycles. The molecule has 2 amide bonds. The van der Waals surface area contributed by atoms with Gasteiger partial charge in [-0.25, -0.2) is 0 Å². The number of thiocarbonyl (C=S) groups is 1. The lowest BCUT2D eigenvalue weighted by molar-refractivity contribution is -0.394. The summed E-state index contributed by atoms with van der Waals surface area (Å²) < 4.78 is 5.81. The van der Waals surface area contributed by atoms with E-state index >= 15 is 0 Å². The topological polar surface area (TPSA) is 136 Å². The average Bonchev–Trinajstić information content (AvgIpc) is 2.97. The maximum atomic E-state index is 13.8. The van der Waals surface area contributed by atoms with Crippen LogP contribution in [0.4, 0.5) is 22.7 Å². The highest BCUT2D eigenvalue weighted by atomic mass is 32.1. The molecule has 4 aromatic carbocycles. The van der Waals surface area contributed by atoms with Crippen molar-refractivity contribution in [2.75, 3.05) is 9.80 Å². The number of benzene rings is 4. The van der Waals surface area contributed by atoms with Crippen LogP contribution in [0.5, 0.6) is 11.5 Å². The standard InChI is InChI=1S/C29H18N4O7S/c34-27-23(28(35)31(21-12-5-2-6-13-21)29(41)30(27)20-10-3-1-4-11-20)17-19-9-7-8-14-25(19)40-26-16-15-22(32(36)37)18-24(26)33(38)39/h1-18H. The predicted octanol–water partition coefficient (Wildman–Crippen LogP) is 6.04. The van der Waals surface area contributed by atoms with E-state index in [0.717, 1.165) is 18.2 Å². The highest BCUT2D eigenvalue weighted by molar-refractivity contribution is 7.81. The van der Waals surface area contributed by atoms with Crippen molar-refractivity contribution in [3.05, 3.63) is 134 Å². The van der Waals surface area contributed by atoms with E-state index in [9.17, 15) is 29.8 Å². The van der Waals surface area contributed by atoms with E-state index in [1.54, 1.807) is 78.9 Å². The van der Waals surface area contributed by atoms with Crippen LogP contribution in [0, 0.1) is 20.2 Å². The molecular formula is C29H18N4O7S. The van der Waals surface area contributed by atoms with Crippen LogP contribution in [0.25, 0.3) is 6.08 Å². The van der Waals surface area contributed by atoms with Gasteiger partial charge in [-0.3, -0.25) is 39.6 Å². The van der Waals surface area contributed by atoms with Crippen molar-refractivity contribution in [2.45, 2.75) is 0 Å². The van der Waals surface area contributed by atoms with Gasteiger partial charge >= 0.3 is 5.69 Å². The Morgan fingerprint density at radius 2 is 1.22 bits per heavy atom. The van der Waals surface area contributed by atoms with E-state index in [-0.39, 0.29) is 27.7 Å². The number of ether oxygens (including phenoxy) is 1. The van der Waals surface area contributed by atoms with Crippen molar-refractivity contribution >= 4 is 58.0 Å². The second-order valence-electron chi connectivity index (χ2n) is 8.60. The Hall–Kier alpha value is -5.75. The second-order valence-corrected chi connectivity index (χ2v) is 8.96. The molecule has 202 valence electrons. The van der Waals surface area contributed by atoms with Crippen molar-refractivity contribution in [1.82, 2.24) is 0 Å². The zero-order valence-electron chi connectivity index (χ0n) is 20.9. The van der Waals surface area contributed by atoms with Crippen LogP contribution >= 0.6 is 12.2 Å². The number of hydrogen-bond donors (Lipinski definition) is 0. The predicted molar refractivity (Wildman–Crippen MR) is 155 cm³/mol. The summed E-state index contributed by atoms with van der Waals surface area (Å²) in [6.07, 6.45) is 1.32. The van der Waals surface area contributed by atoms with Gasteiger partial charge in [0.05, 0.1) is 27.3 Å². The van der Waals surface area contributed by atoms with Crippen molar-refractivity contribution in [3.63, 3.8) is 0 Å². The van der Waals surface area contributed by atoms with Crippen LogP contribution in [0.15, 0.2) is 109 Å². The highest BCUT2D eigenvalue weighted by Crippen LogP contribution is 2.37. The summed E-state index contributed by atoms with van der Waals surface area (Å²) in [4.78, 5) is 51.2. The summed E-state index contributed by atoms with van der Waals surface area (Å²) in [6, 6.07) is 26.5. The summed E-state index contributed by atoms with van der Waals surface area (Å²) in [5.41, 5.74) is -0.176. The fourth-order valence-corrected chi connectivity index (χ4v) is 4.53. The number of para-hydroxylation sites is 3. The lowest BCUT2D eigenvalue weighted by Crippen LogP contribution is -2.56. The minimum absolute atomic E-state index is 0.0272. The normalized spacial score (nSPS) is 13.3. The summed E-state index contributed by atoms with van der Waals surface area (Å²) in [5.74, 6) is -1.53. The number of carbonyl (C=O) groups excluding carboxylic acids is 2. The molecule has 1 aliphatic heterocycles. The van der Waals surface area contributed by atoms with Crippen molar-refractivity contribution < 1.29 is 24.2 Å². The zero-order valence-corrected chi connectivity index (χ0v) is 21.8. The molecule has 0 saturated carbocycles. The van der Waals surface area contributed by atoms with Gasteiger partial charge in [0.1, 0.15) is 11.3 Å². The van der Waals surface area contributed by atoms with E-state index in [4.69, 9.17) is 17.0 Å². The molecule has 0 radical (unpaired) electrons. The van der Waals surface area contributed by atoms with Crippen LogP contribution in [0.1, 0.15) is 5.56 Å². The van der Waals surface area contributed by atoms with Crippen molar-refractivity contribution in [3.8, 4) is 11.5 Å². The number of non-ortho nitro benzene ring substituents is 1. The fraction of sp³-hybridized carbons (Fsp3) is 0. The van der Waals surface area contributed by atoms with Gasteiger partial charge < -0.3 is 4.74 Å². The SMILES string of the molecule is O=C1C(=Cc2ccccc2Oc2ccc([N+](=O)[O-])cc2[N+](=O)[O-])C(=O)N(c2ccccc2)C(=S)N1c1ccccc1. The van der Waals surface area contributed by atoms with E-state index in [2.05, 4.69) is 0 Å². The first-order chi connectivity index (χ1) is 19.8. The number of nitrogens with zero attached hydrogens (tertiary/aromatic N) is 4. The first kappa shape index (κ1) is 26.8. The molecular weight excluding hydrogens is 548 g/mol. The molecule has 11 nitrogen and oxygen atoms in total. The van der Waals surface area contributed by atoms with E-state index < -0.39 is 33.0 Å². The molecule has 1 saturated heterocycles. The van der Waals surface area contributed by atoms with Crippen LogP contribution in [0.2, 0.25) is 0 Å². The van der Waals surface area contributed by atoms with E-state index in [1.165, 1.54) is 21.9 Å². The van der Waals surface area contributed by atoms with Gasteiger partial charge in [-0.05, 0) is 54.7 Å². The van der Waals surface area contributed by atoms with Crippen LogP contribution < -0.4 is 14.5 Å². The Bertz CT molecular complexity index is 1680. The van der Waals surface area contributed by atoms with E-state index in [0.29, 0.717) is 11.4 Å². The molecule has 12 heteroatoms. The molecule has 1 aliphatic rings. The molecule has 0 aliphatic carbocycles. The van der Waals surface area contributed by atoms with E-state index in [1.807, 2.05) is 0 Å². The third kappa shape index (κ3) is 5.27. The Morgan fingerprint density at radius 3 is 1.76 bits per heavy atom. The molecule has 5 rings (SSSR count). The number of anilines is 2. The Balaban J connectivity index is 1.61. The first-order valence-electron chi connectivity index (χ1n) is 12.0. The highest BCUT2D eigenvalue weighted by Gasteiger charge is 2.41. The molecule has 1 fully saturated rings. The Kier molecular flexibility index (Phi) is 7.31. The maximum Gasteiger partial charge on any atom is 0.318 e. The van der Waals surface area contributed by atoms with Crippen molar-refractivity contribution in [1.29, 1.82) is 0 Å². The lowest BCUT2D eigenvalue weighted by Gasteiger charge is -2.36. The minimum atomic E-state index is -0.798. The monoisotopic (exact) mass is 566 g/mol. The van der Waals surface area contributed by atoms with Crippen LogP contribution in [-0.2, 0) is 9.59 Å². The molecule has 0 N–H and O–H groups in total. The summed E-state index contributed by atoms with van der Waals surface area (Å²) in [7, 11) is 0. The molecule has 0 aromatic heterocycles.